The molecule has 0 unspecified atom stereocenters. The zero-order valence-electron chi connectivity index (χ0n) is 19.4. The summed E-state index contributed by atoms with van der Waals surface area (Å²) in [7, 11) is 0. The number of thiophene rings is 1. The van der Waals surface area contributed by atoms with Gasteiger partial charge in [-0.25, -0.2) is 9.78 Å². The van der Waals surface area contributed by atoms with Crippen LogP contribution in [0.2, 0.25) is 0 Å². The number of aromatic amines is 1. The Labute approximate surface area is 209 Å². The summed E-state index contributed by atoms with van der Waals surface area (Å²) < 4.78 is 7.85. The summed E-state index contributed by atoms with van der Waals surface area (Å²) in [6, 6.07) is 3.96. The van der Waals surface area contributed by atoms with Crippen molar-refractivity contribution in [1.82, 2.24) is 24.7 Å². The van der Waals surface area contributed by atoms with Crippen LogP contribution >= 0.6 is 23.1 Å². The van der Waals surface area contributed by atoms with Gasteiger partial charge in [0.1, 0.15) is 15.5 Å². The van der Waals surface area contributed by atoms with Crippen LogP contribution in [0.25, 0.3) is 21.8 Å². The SMILES string of the molecule is Cc1c(C(=O)O)sc2nc(CSc3nnc(-c4ccco4)n3[C@H](C)[C@@H]3C[C@H]4CC[C@H]3C4)[nH]c(=O)c12. The van der Waals surface area contributed by atoms with Crippen LogP contribution in [0.15, 0.2) is 32.8 Å². The molecule has 9 nitrogen and oxygen atoms in total. The number of hydrogen-bond donors (Lipinski definition) is 2. The molecule has 2 saturated carbocycles. The summed E-state index contributed by atoms with van der Waals surface area (Å²) in [5.41, 5.74) is 0.132. The second-order valence-electron chi connectivity index (χ2n) is 9.58. The topological polar surface area (TPSA) is 127 Å². The number of hydrogen-bond acceptors (Lipinski definition) is 8. The second kappa shape index (κ2) is 8.63. The number of aromatic carboxylic acids is 1. The first-order valence-corrected chi connectivity index (χ1v) is 13.6. The lowest BCUT2D eigenvalue weighted by Crippen LogP contribution is -2.23. The van der Waals surface area contributed by atoms with Gasteiger partial charge in [0.2, 0.25) is 5.82 Å². The number of aromatic nitrogens is 5. The van der Waals surface area contributed by atoms with Crippen LogP contribution in [0.4, 0.5) is 0 Å². The van der Waals surface area contributed by atoms with Crippen LogP contribution < -0.4 is 5.56 Å². The molecule has 2 bridgehead atoms. The van der Waals surface area contributed by atoms with Gasteiger partial charge >= 0.3 is 5.97 Å². The van der Waals surface area contributed by atoms with Crippen molar-refractivity contribution in [3.05, 3.63) is 45.0 Å². The number of H-pyrrole nitrogens is 1. The predicted octanol–water partition coefficient (Wildman–Crippen LogP) is 5.13. The molecule has 182 valence electrons. The standard InChI is InChI=1S/C24H25N5O4S2/c1-11-18-21(30)25-17(26-22(18)35-19(11)23(31)32)10-34-24-28-27-20(16-4-3-7-33-16)29(24)12(2)15-9-13-5-6-14(15)8-13/h3-4,7,12-15H,5-6,8-10H2,1-2H3,(H,31,32)(H,25,26,30)/t12-,13+,14+,15+/m1/s1. The van der Waals surface area contributed by atoms with Crippen LogP contribution in [0.3, 0.4) is 0 Å². The largest absolute Gasteiger partial charge is 0.477 e. The molecule has 4 aromatic heterocycles. The van der Waals surface area contributed by atoms with E-state index in [-0.39, 0.29) is 16.5 Å². The van der Waals surface area contributed by atoms with Crippen LogP contribution in [-0.4, -0.2) is 35.8 Å². The molecule has 6 rings (SSSR count). The van der Waals surface area contributed by atoms with Crippen LogP contribution in [0.5, 0.6) is 0 Å². The third-order valence-corrected chi connectivity index (χ3v) is 9.74. The minimum Gasteiger partial charge on any atom is -0.477 e. The van der Waals surface area contributed by atoms with Crippen LogP contribution in [0.1, 0.15) is 59.7 Å². The fourth-order valence-corrected chi connectivity index (χ4v) is 7.92. The number of nitrogens with zero attached hydrogens (tertiary/aromatic N) is 4. The van der Waals surface area contributed by atoms with Gasteiger partial charge in [-0.3, -0.25) is 9.36 Å². The lowest BCUT2D eigenvalue weighted by molar-refractivity contribution is 0.0701. The van der Waals surface area contributed by atoms with Gasteiger partial charge in [-0.05, 0) is 68.6 Å². The number of aryl methyl sites for hydroxylation is 1. The van der Waals surface area contributed by atoms with Gasteiger partial charge in [0.25, 0.3) is 5.56 Å². The molecule has 4 aromatic rings. The Morgan fingerprint density at radius 1 is 1.37 bits per heavy atom. The maximum Gasteiger partial charge on any atom is 0.346 e. The molecule has 2 aliphatic carbocycles. The number of thioether (sulfide) groups is 1. The summed E-state index contributed by atoms with van der Waals surface area (Å²) in [4.78, 5) is 32.2. The van der Waals surface area contributed by atoms with E-state index >= 15 is 0 Å². The van der Waals surface area contributed by atoms with E-state index in [9.17, 15) is 14.7 Å². The van der Waals surface area contributed by atoms with Crippen molar-refractivity contribution >= 4 is 39.3 Å². The maximum atomic E-state index is 12.7. The van der Waals surface area contributed by atoms with E-state index in [1.807, 2.05) is 12.1 Å². The van der Waals surface area contributed by atoms with Gasteiger partial charge in [0.05, 0.1) is 17.4 Å². The Balaban J connectivity index is 1.32. The van der Waals surface area contributed by atoms with Gasteiger partial charge < -0.3 is 14.5 Å². The van der Waals surface area contributed by atoms with Crippen molar-refractivity contribution in [2.75, 3.05) is 0 Å². The number of rotatable bonds is 7. The number of furan rings is 1. The fraction of sp³-hybridized carbons (Fsp3) is 0.458. The van der Waals surface area contributed by atoms with Crippen LogP contribution in [-0.2, 0) is 5.75 Å². The van der Waals surface area contributed by atoms with Gasteiger partial charge in [0, 0.05) is 6.04 Å². The minimum atomic E-state index is -1.05. The average molecular weight is 512 g/mol. The molecule has 2 fully saturated rings. The summed E-state index contributed by atoms with van der Waals surface area (Å²) >= 11 is 2.49. The van der Waals surface area contributed by atoms with Crippen molar-refractivity contribution < 1.29 is 14.3 Å². The Bertz CT molecular complexity index is 1470. The van der Waals surface area contributed by atoms with Crippen LogP contribution in [0, 0.1) is 24.7 Å². The highest BCUT2D eigenvalue weighted by Gasteiger charge is 2.43. The molecule has 0 spiro atoms. The van der Waals surface area contributed by atoms with E-state index in [2.05, 4.69) is 31.7 Å². The number of carboxylic acids is 1. The molecule has 11 heteroatoms. The van der Waals surface area contributed by atoms with Crippen molar-refractivity contribution in [1.29, 1.82) is 0 Å². The molecule has 0 aliphatic heterocycles. The Kier molecular flexibility index (Phi) is 5.56. The van der Waals surface area contributed by atoms with E-state index in [1.54, 1.807) is 13.2 Å². The molecule has 0 amide bonds. The number of carbonyl (C=O) groups is 1. The van der Waals surface area contributed by atoms with Crippen molar-refractivity contribution in [2.24, 2.45) is 17.8 Å². The van der Waals surface area contributed by atoms with Crippen molar-refractivity contribution in [2.45, 2.75) is 56.5 Å². The maximum absolute atomic E-state index is 12.7. The Hall–Kier alpha value is -2.92. The zero-order chi connectivity index (χ0) is 24.3. The molecule has 0 radical (unpaired) electrons. The summed E-state index contributed by atoms with van der Waals surface area (Å²) in [5, 5.41) is 19.5. The van der Waals surface area contributed by atoms with Crippen molar-refractivity contribution in [3.63, 3.8) is 0 Å². The predicted molar refractivity (Wildman–Crippen MR) is 133 cm³/mol. The third-order valence-electron chi connectivity index (χ3n) is 7.61. The highest BCUT2D eigenvalue weighted by atomic mass is 32.2. The normalized spacial score (nSPS) is 22.3. The van der Waals surface area contributed by atoms with E-state index in [4.69, 9.17) is 4.42 Å². The molecule has 2 N–H and O–H groups in total. The highest BCUT2D eigenvalue weighted by molar-refractivity contribution is 7.98. The zero-order valence-corrected chi connectivity index (χ0v) is 21.0. The molecule has 35 heavy (non-hydrogen) atoms. The monoisotopic (exact) mass is 511 g/mol. The molecule has 4 atom stereocenters. The van der Waals surface area contributed by atoms with Crippen molar-refractivity contribution in [3.8, 4) is 11.6 Å². The third kappa shape index (κ3) is 3.81. The molecule has 0 aromatic carbocycles. The summed E-state index contributed by atoms with van der Waals surface area (Å²) in [6.07, 6.45) is 6.84. The van der Waals surface area contributed by atoms with E-state index in [0.29, 0.717) is 44.9 Å². The first kappa shape index (κ1) is 22.5. The fourth-order valence-electron chi connectivity index (χ4n) is 5.99. The van der Waals surface area contributed by atoms with Gasteiger partial charge in [-0.15, -0.1) is 21.5 Å². The highest BCUT2D eigenvalue weighted by Crippen LogP contribution is 2.53. The number of nitrogens with one attached hydrogen (secondary N) is 1. The second-order valence-corrected chi connectivity index (χ2v) is 11.5. The lowest BCUT2D eigenvalue weighted by Gasteiger charge is -2.30. The molecule has 4 heterocycles. The van der Waals surface area contributed by atoms with Gasteiger partial charge in [-0.2, -0.15) is 0 Å². The Morgan fingerprint density at radius 3 is 2.91 bits per heavy atom. The van der Waals surface area contributed by atoms with E-state index in [1.165, 1.54) is 37.4 Å². The lowest BCUT2D eigenvalue weighted by atomic mass is 9.84. The van der Waals surface area contributed by atoms with E-state index < -0.39 is 5.97 Å². The van der Waals surface area contributed by atoms with E-state index in [0.717, 1.165) is 28.3 Å². The first-order chi connectivity index (χ1) is 16.9. The van der Waals surface area contributed by atoms with Gasteiger partial charge in [0.15, 0.2) is 10.9 Å². The average Bonchev–Trinajstić information content (AvgIpc) is 3.65. The van der Waals surface area contributed by atoms with Gasteiger partial charge in [-0.1, -0.05) is 18.2 Å². The number of fused-ring (bicyclic) bond motifs is 3. The molecule has 0 saturated heterocycles. The summed E-state index contributed by atoms with van der Waals surface area (Å²) in [6.45, 7) is 3.89. The molecular weight excluding hydrogens is 486 g/mol. The number of carboxylic acid groups (broad SMARTS) is 1. The first-order valence-electron chi connectivity index (χ1n) is 11.8. The molecular formula is C24H25N5O4S2. The smallest absolute Gasteiger partial charge is 0.346 e. The quantitative estimate of drug-likeness (QED) is 0.327. The minimum absolute atomic E-state index is 0.144. The summed E-state index contributed by atoms with van der Waals surface area (Å²) in [5.74, 6) is 3.36. The Morgan fingerprint density at radius 2 is 2.23 bits per heavy atom. The molecule has 2 aliphatic rings.